The average molecular weight is 538 g/mol. The summed E-state index contributed by atoms with van der Waals surface area (Å²) in [6.07, 6.45) is 5.32. The molecule has 0 radical (unpaired) electrons. The number of nitrogens with one attached hydrogen (secondary N) is 1. The lowest BCUT2D eigenvalue weighted by Gasteiger charge is -2.10. The van der Waals surface area contributed by atoms with Gasteiger partial charge in [0.25, 0.3) is 5.91 Å². The van der Waals surface area contributed by atoms with Crippen molar-refractivity contribution in [1.29, 1.82) is 0 Å². The van der Waals surface area contributed by atoms with Crippen molar-refractivity contribution in [2.24, 2.45) is 0 Å². The van der Waals surface area contributed by atoms with Crippen molar-refractivity contribution in [3.63, 3.8) is 0 Å². The molecule has 0 fully saturated rings. The average Bonchev–Trinajstić information content (AvgIpc) is 3.34. The first kappa shape index (κ1) is 26.6. The molecular weight excluding hydrogens is 510 g/mol. The number of aromatic nitrogens is 1. The Labute approximate surface area is 224 Å². The van der Waals surface area contributed by atoms with E-state index in [2.05, 4.69) is 10.3 Å². The summed E-state index contributed by atoms with van der Waals surface area (Å²) in [7, 11) is 0. The molecule has 0 aliphatic carbocycles. The second-order valence-electron chi connectivity index (χ2n) is 8.61. The van der Waals surface area contributed by atoms with E-state index in [0.29, 0.717) is 39.8 Å². The maximum absolute atomic E-state index is 12.8. The highest BCUT2D eigenvalue weighted by atomic mass is 35.5. The van der Waals surface area contributed by atoms with Crippen molar-refractivity contribution in [2.45, 2.75) is 38.7 Å². The predicted octanol–water partition coefficient (Wildman–Crippen LogP) is 6.49. The Kier molecular flexibility index (Phi) is 9.11. The summed E-state index contributed by atoms with van der Waals surface area (Å²) < 4.78 is 6.80. The zero-order valence-electron chi connectivity index (χ0n) is 20.2. The van der Waals surface area contributed by atoms with Crippen LogP contribution in [-0.2, 0) is 6.61 Å². The minimum Gasteiger partial charge on any atom is -0.489 e. The summed E-state index contributed by atoms with van der Waals surface area (Å²) >= 11 is 7.35. The van der Waals surface area contributed by atoms with E-state index in [-0.39, 0.29) is 24.9 Å². The first-order chi connectivity index (χ1) is 18.0. The fourth-order valence-corrected chi connectivity index (χ4v) is 5.16. The number of rotatable bonds is 12. The lowest BCUT2D eigenvalue weighted by molar-refractivity contribution is 0.0979. The minimum absolute atomic E-state index is 0.0372. The molecule has 0 saturated heterocycles. The van der Waals surface area contributed by atoms with Gasteiger partial charge in [0.05, 0.1) is 10.3 Å². The number of benzene rings is 2. The number of nitrogen functional groups attached to an aromatic ring is 1. The highest BCUT2D eigenvalue weighted by Crippen LogP contribution is 2.34. The standard InChI is InChI=1S/C28H28ClN3O4S/c29-20-9-11-21(12-10-20)32-28(35)18-6-5-7-22(14-18)36-16-19-17-37-26-23(15-31-27(30)25(19)26)24(34)8-3-1-2-4-13-33/h5-7,9-12,14-15,17,33H,1-4,8,13,16H2,(H2,30,31)(H,32,35). The SMILES string of the molecule is Nc1ncc(C(=O)CCCCCCO)c2scc(COc3cccc(C(=O)Nc4ccc(Cl)cc4)c3)c12. The lowest BCUT2D eigenvalue weighted by atomic mass is 10.0. The van der Waals surface area contributed by atoms with E-state index in [1.807, 2.05) is 5.38 Å². The van der Waals surface area contributed by atoms with Crippen LogP contribution in [0.15, 0.2) is 60.1 Å². The molecule has 0 unspecified atom stereocenters. The summed E-state index contributed by atoms with van der Waals surface area (Å²) in [5, 5.41) is 15.0. The van der Waals surface area contributed by atoms with Crippen LogP contribution < -0.4 is 15.8 Å². The molecule has 0 saturated carbocycles. The topological polar surface area (TPSA) is 115 Å². The van der Waals surface area contributed by atoms with Crippen LogP contribution in [0.3, 0.4) is 0 Å². The molecule has 7 nitrogen and oxygen atoms in total. The van der Waals surface area contributed by atoms with Gasteiger partial charge in [0, 0.05) is 46.4 Å². The number of carbonyl (C=O) groups excluding carboxylic acids is 2. The maximum atomic E-state index is 12.8. The number of ketones is 1. The van der Waals surface area contributed by atoms with Gasteiger partial charge < -0.3 is 20.9 Å². The molecule has 192 valence electrons. The molecule has 4 aromatic rings. The molecule has 37 heavy (non-hydrogen) atoms. The van der Waals surface area contributed by atoms with Gasteiger partial charge in [-0.2, -0.15) is 0 Å². The summed E-state index contributed by atoms with van der Waals surface area (Å²) in [4.78, 5) is 29.8. The van der Waals surface area contributed by atoms with Crippen molar-refractivity contribution in [2.75, 3.05) is 17.7 Å². The van der Waals surface area contributed by atoms with Crippen LogP contribution in [0.2, 0.25) is 5.02 Å². The number of unbranched alkanes of at least 4 members (excludes halogenated alkanes) is 3. The first-order valence-electron chi connectivity index (χ1n) is 12.0. The van der Waals surface area contributed by atoms with E-state index in [1.54, 1.807) is 54.7 Å². The number of ether oxygens (including phenoxy) is 1. The van der Waals surface area contributed by atoms with Gasteiger partial charge in [-0.25, -0.2) is 4.98 Å². The Bertz CT molecular complexity index is 1390. The number of thiophene rings is 1. The van der Waals surface area contributed by atoms with E-state index in [1.165, 1.54) is 11.3 Å². The first-order valence-corrected chi connectivity index (χ1v) is 13.3. The molecule has 2 aromatic heterocycles. The molecule has 4 rings (SSSR count). The fourth-order valence-electron chi connectivity index (χ4n) is 3.95. The number of aliphatic hydroxyl groups is 1. The van der Waals surface area contributed by atoms with Crippen LogP contribution in [0, 0.1) is 0 Å². The largest absolute Gasteiger partial charge is 0.489 e. The van der Waals surface area contributed by atoms with Crippen molar-refractivity contribution in [3.05, 3.63) is 81.8 Å². The van der Waals surface area contributed by atoms with E-state index in [0.717, 1.165) is 41.3 Å². The maximum Gasteiger partial charge on any atom is 0.255 e. The molecule has 0 aliphatic heterocycles. The summed E-state index contributed by atoms with van der Waals surface area (Å²) in [5.41, 5.74) is 8.69. The molecule has 4 N–H and O–H groups in total. The van der Waals surface area contributed by atoms with Crippen molar-refractivity contribution < 1.29 is 19.4 Å². The quantitative estimate of drug-likeness (QED) is 0.140. The van der Waals surface area contributed by atoms with Crippen LogP contribution in [0.25, 0.3) is 10.1 Å². The van der Waals surface area contributed by atoms with Crippen LogP contribution in [-0.4, -0.2) is 28.4 Å². The van der Waals surface area contributed by atoms with Crippen molar-refractivity contribution in [1.82, 2.24) is 4.98 Å². The molecule has 9 heteroatoms. The number of nitrogens with two attached hydrogens (primary N) is 1. The number of fused-ring (bicyclic) bond motifs is 1. The molecule has 0 bridgehead atoms. The Morgan fingerprint density at radius 2 is 1.86 bits per heavy atom. The Morgan fingerprint density at radius 1 is 1.08 bits per heavy atom. The molecule has 1 amide bonds. The summed E-state index contributed by atoms with van der Waals surface area (Å²) in [6, 6.07) is 13.8. The number of nitrogens with zero attached hydrogens (tertiary/aromatic N) is 1. The normalized spacial score (nSPS) is 11.0. The van der Waals surface area contributed by atoms with Crippen LogP contribution in [0.1, 0.15) is 58.4 Å². The number of aliphatic hydroxyl groups excluding tert-OH is 1. The number of anilines is 2. The third-order valence-electron chi connectivity index (χ3n) is 5.91. The fraction of sp³-hybridized carbons (Fsp3) is 0.250. The van der Waals surface area contributed by atoms with Gasteiger partial charge in [0.2, 0.25) is 0 Å². The third-order valence-corrected chi connectivity index (χ3v) is 7.22. The second-order valence-corrected chi connectivity index (χ2v) is 9.93. The number of hydrogen-bond donors (Lipinski definition) is 3. The third kappa shape index (κ3) is 6.85. The van der Waals surface area contributed by atoms with Gasteiger partial charge in [-0.05, 0) is 60.7 Å². The van der Waals surface area contributed by atoms with Crippen LogP contribution in [0.4, 0.5) is 11.5 Å². The monoisotopic (exact) mass is 537 g/mol. The summed E-state index contributed by atoms with van der Waals surface area (Å²) in [6.45, 7) is 0.393. The van der Waals surface area contributed by atoms with Gasteiger partial charge >= 0.3 is 0 Å². The lowest BCUT2D eigenvalue weighted by Crippen LogP contribution is -2.11. The van der Waals surface area contributed by atoms with Gasteiger partial charge in [0.15, 0.2) is 5.78 Å². The van der Waals surface area contributed by atoms with Crippen LogP contribution in [0.5, 0.6) is 5.75 Å². The number of amides is 1. The van der Waals surface area contributed by atoms with E-state index in [4.69, 9.17) is 27.2 Å². The number of Topliss-reactive ketones (excluding diaryl/α,β-unsaturated/α-hetero) is 1. The minimum atomic E-state index is -0.262. The molecule has 0 aliphatic rings. The Balaban J connectivity index is 1.43. The van der Waals surface area contributed by atoms with E-state index in [9.17, 15) is 9.59 Å². The highest BCUT2D eigenvalue weighted by molar-refractivity contribution is 7.18. The van der Waals surface area contributed by atoms with Gasteiger partial charge in [0.1, 0.15) is 18.2 Å². The number of halogens is 1. The zero-order valence-corrected chi connectivity index (χ0v) is 21.8. The number of hydrogen-bond acceptors (Lipinski definition) is 7. The number of carbonyl (C=O) groups is 2. The predicted molar refractivity (Wildman–Crippen MR) is 149 cm³/mol. The van der Waals surface area contributed by atoms with Crippen molar-refractivity contribution in [3.8, 4) is 5.75 Å². The molecule has 2 heterocycles. The Morgan fingerprint density at radius 3 is 2.65 bits per heavy atom. The molecule has 2 aromatic carbocycles. The zero-order chi connectivity index (χ0) is 26.2. The summed E-state index contributed by atoms with van der Waals surface area (Å²) in [5.74, 6) is 0.659. The highest BCUT2D eigenvalue weighted by Gasteiger charge is 2.18. The number of pyridine rings is 1. The Hall–Kier alpha value is -3.46. The van der Waals surface area contributed by atoms with Gasteiger partial charge in [-0.1, -0.05) is 30.5 Å². The smallest absolute Gasteiger partial charge is 0.255 e. The molecule has 0 spiro atoms. The van der Waals surface area contributed by atoms with E-state index >= 15 is 0 Å². The molecular formula is C28H28ClN3O4S. The van der Waals surface area contributed by atoms with Gasteiger partial charge in [-0.3, -0.25) is 9.59 Å². The molecule has 0 atom stereocenters. The second kappa shape index (κ2) is 12.7. The van der Waals surface area contributed by atoms with Gasteiger partial charge in [-0.15, -0.1) is 11.3 Å². The van der Waals surface area contributed by atoms with Crippen molar-refractivity contribution >= 4 is 56.2 Å². The van der Waals surface area contributed by atoms with Crippen LogP contribution >= 0.6 is 22.9 Å². The van der Waals surface area contributed by atoms with E-state index < -0.39 is 0 Å².